The molecule has 4 nitrogen and oxygen atoms in total. The molecular weight excluding hydrogens is 286 g/mol. The molecule has 0 atom stereocenters. The van der Waals surface area contributed by atoms with Gasteiger partial charge in [0.15, 0.2) is 0 Å². The van der Waals surface area contributed by atoms with Crippen LogP contribution in [0.1, 0.15) is 33.6 Å². The topological polar surface area (TPSA) is 74.0 Å². The standard InChI is InChI=1S/C9H5BrF2N2O2/c10-1-4-3-14-5(2-13)7(8(11)12)6(4)9(15)16/h3,8H,1H2,(H,15,16). The molecule has 0 bridgehead atoms. The lowest BCUT2D eigenvalue weighted by molar-refractivity contribution is 0.0683. The number of hydrogen-bond donors (Lipinski definition) is 1. The third-order valence-electron chi connectivity index (χ3n) is 1.88. The number of pyridine rings is 1. The highest BCUT2D eigenvalue weighted by Gasteiger charge is 2.26. The predicted octanol–water partition coefficient (Wildman–Crippen LogP) is 2.48. The monoisotopic (exact) mass is 290 g/mol. The molecule has 0 aliphatic carbocycles. The molecule has 1 aromatic rings. The van der Waals surface area contributed by atoms with Gasteiger partial charge in [-0.2, -0.15) is 5.26 Å². The highest BCUT2D eigenvalue weighted by molar-refractivity contribution is 9.08. The number of nitriles is 1. The molecule has 0 aliphatic heterocycles. The van der Waals surface area contributed by atoms with Gasteiger partial charge in [-0.25, -0.2) is 18.6 Å². The number of carbonyl (C=O) groups is 1. The van der Waals surface area contributed by atoms with Crippen molar-refractivity contribution >= 4 is 21.9 Å². The quantitative estimate of drug-likeness (QED) is 0.868. The Kier molecular flexibility index (Phi) is 3.90. The Bertz CT molecular complexity index is 471. The van der Waals surface area contributed by atoms with Gasteiger partial charge in [-0.1, -0.05) is 15.9 Å². The Morgan fingerprint density at radius 2 is 2.31 bits per heavy atom. The normalized spacial score (nSPS) is 10.2. The Balaban J connectivity index is 3.61. The highest BCUT2D eigenvalue weighted by atomic mass is 79.9. The summed E-state index contributed by atoms with van der Waals surface area (Å²) in [7, 11) is 0. The molecular formula is C9H5BrF2N2O2. The van der Waals surface area contributed by atoms with Gasteiger partial charge in [-0.3, -0.25) is 0 Å². The predicted molar refractivity (Wildman–Crippen MR) is 53.5 cm³/mol. The molecule has 0 saturated heterocycles. The zero-order chi connectivity index (χ0) is 12.3. The van der Waals surface area contributed by atoms with Crippen LogP contribution in [0.4, 0.5) is 8.78 Å². The van der Waals surface area contributed by atoms with E-state index in [1.165, 1.54) is 6.07 Å². The van der Waals surface area contributed by atoms with E-state index >= 15 is 0 Å². The number of hydrogen-bond acceptors (Lipinski definition) is 3. The average molecular weight is 291 g/mol. The number of aromatic nitrogens is 1. The number of carboxylic acid groups (broad SMARTS) is 1. The van der Waals surface area contributed by atoms with Gasteiger partial charge < -0.3 is 5.11 Å². The van der Waals surface area contributed by atoms with Crippen molar-refractivity contribution in [2.24, 2.45) is 0 Å². The second-order valence-corrected chi connectivity index (χ2v) is 3.33. The molecule has 0 aliphatic rings. The molecule has 1 rings (SSSR count). The molecule has 0 radical (unpaired) electrons. The molecule has 0 amide bonds. The van der Waals surface area contributed by atoms with Crippen molar-refractivity contribution in [1.29, 1.82) is 5.26 Å². The Morgan fingerprint density at radius 3 is 2.69 bits per heavy atom. The van der Waals surface area contributed by atoms with E-state index in [-0.39, 0.29) is 10.9 Å². The largest absolute Gasteiger partial charge is 0.478 e. The molecule has 1 aromatic heterocycles. The van der Waals surface area contributed by atoms with E-state index in [1.54, 1.807) is 0 Å². The Morgan fingerprint density at radius 1 is 1.69 bits per heavy atom. The summed E-state index contributed by atoms with van der Waals surface area (Å²) in [5.41, 5.74) is -1.83. The smallest absolute Gasteiger partial charge is 0.336 e. The third kappa shape index (κ3) is 2.17. The van der Waals surface area contributed by atoms with E-state index in [0.29, 0.717) is 0 Å². The summed E-state index contributed by atoms with van der Waals surface area (Å²) < 4.78 is 25.4. The van der Waals surface area contributed by atoms with Gasteiger partial charge in [0.2, 0.25) is 0 Å². The maximum absolute atomic E-state index is 12.7. The van der Waals surface area contributed by atoms with Crippen LogP contribution >= 0.6 is 15.9 Å². The van der Waals surface area contributed by atoms with Gasteiger partial charge in [0.05, 0.1) is 11.1 Å². The van der Waals surface area contributed by atoms with Crippen LogP contribution in [-0.4, -0.2) is 16.1 Å². The van der Waals surface area contributed by atoms with E-state index in [2.05, 4.69) is 20.9 Å². The third-order valence-corrected chi connectivity index (χ3v) is 2.48. The Hall–Kier alpha value is -1.55. The van der Waals surface area contributed by atoms with Gasteiger partial charge in [-0.15, -0.1) is 0 Å². The lowest BCUT2D eigenvalue weighted by Crippen LogP contribution is -2.10. The summed E-state index contributed by atoms with van der Waals surface area (Å²) in [5, 5.41) is 17.5. The van der Waals surface area contributed by atoms with E-state index in [1.807, 2.05) is 0 Å². The van der Waals surface area contributed by atoms with Crippen LogP contribution in [0.5, 0.6) is 0 Å². The van der Waals surface area contributed by atoms with Crippen molar-refractivity contribution in [3.63, 3.8) is 0 Å². The first kappa shape index (κ1) is 12.5. The minimum Gasteiger partial charge on any atom is -0.478 e. The molecule has 1 N–H and O–H groups in total. The Labute approximate surface area is 97.7 Å². The van der Waals surface area contributed by atoms with Crippen LogP contribution in [-0.2, 0) is 5.33 Å². The fraction of sp³-hybridized carbons (Fsp3) is 0.222. The first-order valence-corrected chi connectivity index (χ1v) is 5.14. The van der Waals surface area contributed by atoms with E-state index in [0.717, 1.165) is 6.20 Å². The fourth-order valence-electron chi connectivity index (χ4n) is 1.22. The van der Waals surface area contributed by atoms with E-state index < -0.39 is 29.2 Å². The number of alkyl halides is 3. The summed E-state index contributed by atoms with van der Waals surface area (Å²) in [6.07, 6.45) is -1.95. The minimum atomic E-state index is -3.05. The molecule has 0 spiro atoms. The highest BCUT2D eigenvalue weighted by Crippen LogP contribution is 2.28. The van der Waals surface area contributed by atoms with Crippen molar-refractivity contribution in [3.05, 3.63) is 28.6 Å². The second kappa shape index (κ2) is 4.99. The molecule has 0 saturated carbocycles. The summed E-state index contributed by atoms with van der Waals surface area (Å²) in [6.45, 7) is 0. The van der Waals surface area contributed by atoms with Crippen molar-refractivity contribution < 1.29 is 18.7 Å². The first-order chi connectivity index (χ1) is 7.52. The van der Waals surface area contributed by atoms with Crippen molar-refractivity contribution in [2.45, 2.75) is 11.8 Å². The minimum absolute atomic E-state index is 0.0765. The van der Waals surface area contributed by atoms with Gasteiger partial charge >= 0.3 is 5.97 Å². The van der Waals surface area contributed by atoms with E-state index in [4.69, 9.17) is 10.4 Å². The number of carboxylic acids is 1. The van der Waals surface area contributed by atoms with E-state index in [9.17, 15) is 13.6 Å². The average Bonchev–Trinajstić information content (AvgIpc) is 2.26. The van der Waals surface area contributed by atoms with Crippen molar-refractivity contribution in [2.75, 3.05) is 0 Å². The van der Waals surface area contributed by atoms with Gasteiger partial charge in [0.25, 0.3) is 6.43 Å². The number of halogens is 3. The SMILES string of the molecule is N#Cc1ncc(CBr)c(C(=O)O)c1C(F)F. The zero-order valence-electron chi connectivity index (χ0n) is 7.75. The molecule has 7 heteroatoms. The van der Waals surface area contributed by atoms with Crippen LogP contribution in [0.25, 0.3) is 0 Å². The maximum Gasteiger partial charge on any atom is 0.336 e. The lowest BCUT2D eigenvalue weighted by atomic mass is 10.0. The van der Waals surface area contributed by atoms with Crippen LogP contribution in [0.2, 0.25) is 0 Å². The van der Waals surface area contributed by atoms with Gasteiger partial charge in [0.1, 0.15) is 11.8 Å². The van der Waals surface area contributed by atoms with Crippen LogP contribution in [0, 0.1) is 11.3 Å². The van der Waals surface area contributed by atoms with Gasteiger partial charge in [-0.05, 0) is 5.56 Å². The van der Waals surface area contributed by atoms with Crippen molar-refractivity contribution in [3.8, 4) is 6.07 Å². The lowest BCUT2D eigenvalue weighted by Gasteiger charge is -2.09. The molecule has 16 heavy (non-hydrogen) atoms. The first-order valence-electron chi connectivity index (χ1n) is 4.02. The van der Waals surface area contributed by atoms with Crippen molar-refractivity contribution in [1.82, 2.24) is 4.98 Å². The van der Waals surface area contributed by atoms with Crippen LogP contribution in [0.3, 0.4) is 0 Å². The number of rotatable bonds is 3. The molecule has 0 fully saturated rings. The molecule has 1 heterocycles. The summed E-state index contributed by atoms with van der Waals surface area (Å²) in [4.78, 5) is 14.4. The van der Waals surface area contributed by atoms with Crippen LogP contribution < -0.4 is 0 Å². The summed E-state index contributed by atoms with van der Waals surface area (Å²) in [6, 6.07) is 1.45. The molecule has 0 aromatic carbocycles. The maximum atomic E-state index is 12.7. The molecule has 84 valence electrons. The van der Waals surface area contributed by atoms with Gasteiger partial charge in [0, 0.05) is 11.5 Å². The number of aromatic carboxylic acids is 1. The molecule has 0 unspecified atom stereocenters. The summed E-state index contributed by atoms with van der Waals surface area (Å²) in [5.74, 6) is -1.50. The fourth-order valence-corrected chi connectivity index (χ4v) is 1.65. The zero-order valence-corrected chi connectivity index (χ0v) is 9.33. The summed E-state index contributed by atoms with van der Waals surface area (Å²) >= 11 is 2.98. The number of nitrogens with zero attached hydrogens (tertiary/aromatic N) is 2. The van der Waals surface area contributed by atoms with Crippen LogP contribution in [0.15, 0.2) is 6.20 Å². The second-order valence-electron chi connectivity index (χ2n) is 2.77.